The summed E-state index contributed by atoms with van der Waals surface area (Å²) in [6.07, 6.45) is 1.04. The highest BCUT2D eigenvalue weighted by molar-refractivity contribution is 5.86. The van der Waals surface area contributed by atoms with Crippen molar-refractivity contribution >= 4 is 11.6 Å². The second kappa shape index (κ2) is 7.50. The number of nitrogens with zero attached hydrogens (tertiary/aromatic N) is 3. The van der Waals surface area contributed by atoms with Crippen LogP contribution in [0.15, 0.2) is 54.6 Å². The van der Waals surface area contributed by atoms with E-state index >= 15 is 0 Å². The molecule has 2 aromatic carbocycles. The molecule has 2 aromatic rings. The summed E-state index contributed by atoms with van der Waals surface area (Å²) in [4.78, 5) is 19.8. The van der Waals surface area contributed by atoms with Gasteiger partial charge in [-0.05, 0) is 30.5 Å². The number of benzene rings is 2. The van der Waals surface area contributed by atoms with Crippen LogP contribution in [0.4, 0.5) is 5.69 Å². The van der Waals surface area contributed by atoms with Crippen molar-refractivity contribution in [2.45, 2.75) is 25.9 Å². The molecular formula is C22H27N3O. The molecule has 2 aliphatic heterocycles. The van der Waals surface area contributed by atoms with E-state index in [0.717, 1.165) is 45.7 Å². The molecule has 0 aromatic heterocycles. The normalized spacial score (nSPS) is 18.7. The third-order valence-electron chi connectivity index (χ3n) is 5.68. The van der Waals surface area contributed by atoms with Crippen LogP contribution in [0.3, 0.4) is 0 Å². The fourth-order valence-electron chi connectivity index (χ4n) is 4.13. The van der Waals surface area contributed by atoms with Crippen LogP contribution < -0.4 is 4.90 Å². The zero-order valence-corrected chi connectivity index (χ0v) is 15.5. The summed E-state index contributed by atoms with van der Waals surface area (Å²) in [6.45, 7) is 7.52. The molecule has 136 valence electrons. The zero-order valence-electron chi connectivity index (χ0n) is 15.5. The first-order valence-corrected chi connectivity index (χ1v) is 9.62. The van der Waals surface area contributed by atoms with E-state index in [0.29, 0.717) is 0 Å². The van der Waals surface area contributed by atoms with Gasteiger partial charge in [0, 0.05) is 45.0 Å². The van der Waals surface area contributed by atoms with Crippen molar-refractivity contribution in [3.8, 4) is 0 Å². The molecule has 0 saturated carbocycles. The van der Waals surface area contributed by atoms with Gasteiger partial charge in [-0.2, -0.15) is 0 Å². The van der Waals surface area contributed by atoms with Crippen molar-refractivity contribution < 1.29 is 4.79 Å². The van der Waals surface area contributed by atoms with E-state index in [-0.39, 0.29) is 11.9 Å². The predicted octanol–water partition coefficient (Wildman–Crippen LogP) is 2.78. The summed E-state index contributed by atoms with van der Waals surface area (Å²) >= 11 is 0. The van der Waals surface area contributed by atoms with Gasteiger partial charge in [-0.1, -0.05) is 48.5 Å². The van der Waals surface area contributed by atoms with E-state index in [1.165, 1.54) is 16.8 Å². The van der Waals surface area contributed by atoms with E-state index in [4.69, 9.17) is 0 Å². The Morgan fingerprint density at radius 2 is 1.62 bits per heavy atom. The summed E-state index contributed by atoms with van der Waals surface area (Å²) in [5.74, 6) is 0.265. The Balaban J connectivity index is 1.34. The summed E-state index contributed by atoms with van der Waals surface area (Å²) in [7, 11) is 0. The standard InChI is InChI=1S/C22H27N3O/c1-18(25-12-11-20-9-5-6-10-21(20)25)22(26)24-15-13-23(14-16-24)17-19-7-3-2-4-8-19/h2-10,18H,11-17H2,1H3/t18-/m0/s1. The number of amides is 1. The van der Waals surface area contributed by atoms with Crippen molar-refractivity contribution in [3.63, 3.8) is 0 Å². The largest absolute Gasteiger partial charge is 0.359 e. The number of carbonyl (C=O) groups excluding carboxylic acids is 1. The Hall–Kier alpha value is -2.33. The van der Waals surface area contributed by atoms with Crippen LogP contribution in [0, 0.1) is 0 Å². The maximum atomic E-state index is 13.0. The van der Waals surface area contributed by atoms with Crippen LogP contribution in [-0.4, -0.2) is 54.5 Å². The SMILES string of the molecule is C[C@@H](C(=O)N1CCN(Cc2ccccc2)CC1)N1CCc2ccccc21. The molecule has 0 bridgehead atoms. The van der Waals surface area contributed by atoms with E-state index in [2.05, 4.69) is 71.3 Å². The number of anilines is 1. The first-order chi connectivity index (χ1) is 12.7. The third kappa shape index (κ3) is 3.47. The Morgan fingerprint density at radius 3 is 2.38 bits per heavy atom. The maximum Gasteiger partial charge on any atom is 0.245 e. The van der Waals surface area contributed by atoms with Gasteiger partial charge in [-0.3, -0.25) is 9.69 Å². The van der Waals surface area contributed by atoms with E-state index < -0.39 is 0 Å². The molecule has 0 aliphatic carbocycles. The summed E-state index contributed by atoms with van der Waals surface area (Å²) < 4.78 is 0. The molecule has 0 N–H and O–H groups in total. The number of rotatable bonds is 4. The average molecular weight is 349 g/mol. The number of hydrogen-bond donors (Lipinski definition) is 0. The zero-order chi connectivity index (χ0) is 17.9. The van der Waals surface area contributed by atoms with Gasteiger partial charge in [0.05, 0.1) is 0 Å². The topological polar surface area (TPSA) is 26.8 Å². The molecule has 0 spiro atoms. The van der Waals surface area contributed by atoms with Gasteiger partial charge in [0.25, 0.3) is 0 Å². The van der Waals surface area contributed by atoms with Crippen LogP contribution in [-0.2, 0) is 17.8 Å². The van der Waals surface area contributed by atoms with Crippen molar-refractivity contribution in [1.29, 1.82) is 0 Å². The minimum atomic E-state index is -0.0840. The number of fused-ring (bicyclic) bond motifs is 1. The van der Waals surface area contributed by atoms with Gasteiger partial charge in [0.1, 0.15) is 6.04 Å². The fourth-order valence-corrected chi connectivity index (χ4v) is 4.13. The molecule has 1 saturated heterocycles. The second-order valence-electron chi connectivity index (χ2n) is 7.34. The third-order valence-corrected chi connectivity index (χ3v) is 5.68. The summed E-state index contributed by atoms with van der Waals surface area (Å²) in [5.41, 5.74) is 3.94. The van der Waals surface area contributed by atoms with Gasteiger partial charge in [0.2, 0.25) is 5.91 Å². The smallest absolute Gasteiger partial charge is 0.245 e. The first-order valence-electron chi connectivity index (χ1n) is 9.62. The Labute approximate surface area is 156 Å². The summed E-state index contributed by atoms with van der Waals surface area (Å²) in [6, 6.07) is 19.0. The molecule has 0 radical (unpaired) electrons. The van der Waals surface area contributed by atoms with Crippen LogP contribution in [0.5, 0.6) is 0 Å². The first kappa shape index (κ1) is 17.1. The fraction of sp³-hybridized carbons (Fsp3) is 0.409. The molecule has 2 aliphatic rings. The van der Waals surface area contributed by atoms with Gasteiger partial charge in [0.15, 0.2) is 0 Å². The Morgan fingerprint density at radius 1 is 0.923 bits per heavy atom. The Kier molecular flexibility index (Phi) is 4.93. The van der Waals surface area contributed by atoms with Crippen molar-refractivity contribution in [2.75, 3.05) is 37.6 Å². The van der Waals surface area contributed by atoms with Crippen molar-refractivity contribution in [1.82, 2.24) is 9.80 Å². The minimum absolute atomic E-state index is 0.0840. The van der Waals surface area contributed by atoms with E-state index in [9.17, 15) is 4.79 Å². The highest BCUT2D eigenvalue weighted by Crippen LogP contribution is 2.29. The van der Waals surface area contributed by atoms with Gasteiger partial charge >= 0.3 is 0 Å². The average Bonchev–Trinajstić information content (AvgIpc) is 3.12. The van der Waals surface area contributed by atoms with Crippen LogP contribution in [0.25, 0.3) is 0 Å². The second-order valence-corrected chi connectivity index (χ2v) is 7.34. The van der Waals surface area contributed by atoms with Crippen molar-refractivity contribution in [2.24, 2.45) is 0 Å². The molecule has 26 heavy (non-hydrogen) atoms. The highest BCUT2D eigenvalue weighted by atomic mass is 16.2. The van der Waals surface area contributed by atoms with Crippen LogP contribution >= 0.6 is 0 Å². The molecule has 1 fully saturated rings. The molecule has 1 amide bonds. The number of para-hydroxylation sites is 1. The molecule has 4 heteroatoms. The number of hydrogen-bond acceptors (Lipinski definition) is 3. The van der Waals surface area contributed by atoms with Gasteiger partial charge in [-0.25, -0.2) is 0 Å². The van der Waals surface area contributed by atoms with Crippen LogP contribution in [0.1, 0.15) is 18.1 Å². The molecule has 4 nitrogen and oxygen atoms in total. The van der Waals surface area contributed by atoms with Crippen molar-refractivity contribution in [3.05, 3.63) is 65.7 Å². The van der Waals surface area contributed by atoms with E-state index in [1.807, 2.05) is 4.90 Å². The Bertz CT molecular complexity index is 753. The summed E-state index contributed by atoms with van der Waals surface area (Å²) in [5, 5.41) is 0. The lowest BCUT2D eigenvalue weighted by atomic mass is 10.1. The van der Waals surface area contributed by atoms with Gasteiger partial charge in [-0.15, -0.1) is 0 Å². The number of carbonyl (C=O) groups is 1. The predicted molar refractivity (Wildman–Crippen MR) is 105 cm³/mol. The minimum Gasteiger partial charge on any atom is -0.359 e. The molecule has 2 heterocycles. The molecular weight excluding hydrogens is 322 g/mol. The lowest BCUT2D eigenvalue weighted by Crippen LogP contribution is -2.53. The van der Waals surface area contributed by atoms with Crippen LogP contribution in [0.2, 0.25) is 0 Å². The quantitative estimate of drug-likeness (QED) is 0.849. The van der Waals surface area contributed by atoms with Gasteiger partial charge < -0.3 is 9.80 Å². The lowest BCUT2D eigenvalue weighted by Gasteiger charge is -2.38. The number of piperazine rings is 1. The highest BCUT2D eigenvalue weighted by Gasteiger charge is 2.31. The molecule has 4 rings (SSSR count). The lowest BCUT2D eigenvalue weighted by molar-refractivity contribution is -0.134. The molecule has 0 unspecified atom stereocenters. The maximum absolute atomic E-state index is 13.0. The monoisotopic (exact) mass is 349 g/mol. The van der Waals surface area contributed by atoms with E-state index in [1.54, 1.807) is 0 Å². The molecule has 1 atom stereocenters.